The fourth-order valence-electron chi connectivity index (χ4n) is 3.11. The first kappa shape index (κ1) is 15.6. The highest BCUT2D eigenvalue weighted by atomic mass is 16.6. The molecule has 5 heteroatoms. The third-order valence-electron chi connectivity index (χ3n) is 4.34. The Morgan fingerprint density at radius 2 is 1.85 bits per heavy atom. The Bertz CT molecular complexity index is 329. The number of hydrogen-bond acceptors (Lipinski definition) is 4. The average Bonchev–Trinajstić information content (AvgIpc) is 2.31. The minimum absolute atomic E-state index is 0.177. The molecule has 116 valence electrons. The average molecular weight is 283 g/mol. The molecule has 20 heavy (non-hydrogen) atoms. The van der Waals surface area contributed by atoms with Gasteiger partial charge in [-0.2, -0.15) is 0 Å². The largest absolute Gasteiger partial charge is 0.444 e. The van der Waals surface area contributed by atoms with Crippen LogP contribution in [0.25, 0.3) is 0 Å². The van der Waals surface area contributed by atoms with Crippen LogP contribution in [0.2, 0.25) is 0 Å². The van der Waals surface area contributed by atoms with Gasteiger partial charge in [-0.05, 0) is 59.0 Å². The summed E-state index contributed by atoms with van der Waals surface area (Å²) in [6.07, 6.45) is 3.20. The molecule has 0 aromatic rings. The minimum atomic E-state index is -0.411. The van der Waals surface area contributed by atoms with E-state index < -0.39 is 5.60 Å². The summed E-state index contributed by atoms with van der Waals surface area (Å²) in [5.41, 5.74) is 5.53. The Balaban J connectivity index is 1.80. The molecule has 0 aromatic heterocycles. The number of amides is 1. The van der Waals surface area contributed by atoms with Gasteiger partial charge in [0.2, 0.25) is 0 Å². The van der Waals surface area contributed by atoms with Gasteiger partial charge in [0.1, 0.15) is 5.60 Å². The third-order valence-corrected chi connectivity index (χ3v) is 4.34. The molecular formula is C15H29N3O2. The van der Waals surface area contributed by atoms with Crippen molar-refractivity contribution < 1.29 is 9.53 Å². The van der Waals surface area contributed by atoms with Crippen LogP contribution in [0, 0.1) is 5.92 Å². The van der Waals surface area contributed by atoms with E-state index in [9.17, 15) is 4.79 Å². The molecule has 2 saturated heterocycles. The van der Waals surface area contributed by atoms with Gasteiger partial charge in [0.25, 0.3) is 0 Å². The lowest BCUT2D eigenvalue weighted by atomic mass is 9.87. The van der Waals surface area contributed by atoms with Crippen molar-refractivity contribution in [3.8, 4) is 0 Å². The van der Waals surface area contributed by atoms with E-state index in [0.29, 0.717) is 12.0 Å². The molecule has 0 radical (unpaired) electrons. The van der Waals surface area contributed by atoms with Gasteiger partial charge in [0.15, 0.2) is 0 Å². The fourth-order valence-corrected chi connectivity index (χ4v) is 3.11. The Hall–Kier alpha value is -0.810. The molecule has 1 amide bonds. The van der Waals surface area contributed by atoms with Crippen molar-refractivity contribution in [2.75, 3.05) is 32.7 Å². The molecule has 0 aliphatic carbocycles. The molecule has 2 fully saturated rings. The van der Waals surface area contributed by atoms with Crippen LogP contribution in [0.1, 0.15) is 40.0 Å². The second-order valence-electron chi connectivity index (χ2n) is 7.00. The number of likely N-dealkylation sites (tertiary alicyclic amines) is 2. The van der Waals surface area contributed by atoms with Crippen LogP contribution in [-0.2, 0) is 4.74 Å². The zero-order valence-corrected chi connectivity index (χ0v) is 13.1. The topological polar surface area (TPSA) is 58.8 Å². The first-order valence-corrected chi connectivity index (χ1v) is 7.83. The molecule has 0 saturated carbocycles. The zero-order chi connectivity index (χ0) is 14.8. The van der Waals surface area contributed by atoms with E-state index in [0.717, 1.165) is 32.5 Å². The van der Waals surface area contributed by atoms with Gasteiger partial charge in [0.05, 0.1) is 0 Å². The maximum Gasteiger partial charge on any atom is 0.410 e. The number of nitrogens with two attached hydrogens (primary N) is 1. The van der Waals surface area contributed by atoms with Crippen LogP contribution in [0.3, 0.4) is 0 Å². The van der Waals surface area contributed by atoms with Gasteiger partial charge in [-0.1, -0.05) is 0 Å². The summed E-state index contributed by atoms with van der Waals surface area (Å²) in [6.45, 7) is 10.4. The molecule has 2 aliphatic rings. The van der Waals surface area contributed by atoms with E-state index in [4.69, 9.17) is 10.5 Å². The normalized spacial score (nSPS) is 23.3. The summed E-state index contributed by atoms with van der Waals surface area (Å²) in [4.78, 5) is 16.4. The minimum Gasteiger partial charge on any atom is -0.444 e. The summed E-state index contributed by atoms with van der Waals surface area (Å²) in [5.74, 6) is 0.624. The Morgan fingerprint density at radius 1 is 1.25 bits per heavy atom. The zero-order valence-electron chi connectivity index (χ0n) is 13.1. The predicted octanol–water partition coefficient (Wildman–Crippen LogP) is 1.67. The maximum atomic E-state index is 12.0. The quantitative estimate of drug-likeness (QED) is 0.856. The number of hydrogen-bond donors (Lipinski definition) is 1. The highest BCUT2D eigenvalue weighted by Gasteiger charge is 2.34. The van der Waals surface area contributed by atoms with Crippen molar-refractivity contribution in [2.45, 2.75) is 51.7 Å². The Kier molecular flexibility index (Phi) is 4.91. The van der Waals surface area contributed by atoms with Crippen molar-refractivity contribution in [3.63, 3.8) is 0 Å². The van der Waals surface area contributed by atoms with E-state index in [-0.39, 0.29) is 6.09 Å². The monoisotopic (exact) mass is 283 g/mol. The predicted molar refractivity (Wildman–Crippen MR) is 79.6 cm³/mol. The number of carbonyl (C=O) groups excluding carboxylic acids is 1. The molecule has 1 atom stereocenters. The lowest BCUT2D eigenvalue weighted by molar-refractivity contribution is 0.00865. The molecule has 0 spiro atoms. The number of ether oxygens (including phenoxy) is 1. The van der Waals surface area contributed by atoms with E-state index >= 15 is 0 Å². The molecule has 1 unspecified atom stereocenters. The van der Waals surface area contributed by atoms with Crippen LogP contribution in [0.4, 0.5) is 4.79 Å². The van der Waals surface area contributed by atoms with Gasteiger partial charge < -0.3 is 15.4 Å². The van der Waals surface area contributed by atoms with Gasteiger partial charge in [0, 0.05) is 25.7 Å². The first-order valence-electron chi connectivity index (χ1n) is 7.83. The van der Waals surface area contributed by atoms with Crippen molar-refractivity contribution in [1.29, 1.82) is 0 Å². The molecule has 2 N–H and O–H groups in total. The van der Waals surface area contributed by atoms with Crippen LogP contribution >= 0.6 is 0 Å². The molecule has 2 rings (SSSR count). The highest BCUT2D eigenvalue weighted by Crippen LogP contribution is 2.27. The fraction of sp³-hybridized carbons (Fsp3) is 0.933. The summed E-state index contributed by atoms with van der Waals surface area (Å²) in [7, 11) is 0. The highest BCUT2D eigenvalue weighted by molar-refractivity contribution is 5.68. The lowest BCUT2D eigenvalue weighted by Crippen LogP contribution is -2.54. The molecular weight excluding hydrogens is 254 g/mol. The SMILES string of the molecule is CC(C)(C)OC(=O)N1CCC(C(CN)N2CCC2)CC1. The number of rotatable bonds is 3. The summed E-state index contributed by atoms with van der Waals surface area (Å²) in [6, 6.07) is 0.504. The van der Waals surface area contributed by atoms with E-state index in [1.165, 1.54) is 19.5 Å². The maximum absolute atomic E-state index is 12.0. The summed E-state index contributed by atoms with van der Waals surface area (Å²) < 4.78 is 5.43. The second kappa shape index (κ2) is 6.31. The van der Waals surface area contributed by atoms with Crippen LogP contribution in [0.5, 0.6) is 0 Å². The van der Waals surface area contributed by atoms with Crippen molar-refractivity contribution in [1.82, 2.24) is 9.80 Å². The summed E-state index contributed by atoms with van der Waals surface area (Å²) in [5, 5.41) is 0. The summed E-state index contributed by atoms with van der Waals surface area (Å²) >= 11 is 0. The van der Waals surface area contributed by atoms with Gasteiger partial charge in [-0.25, -0.2) is 4.79 Å². The van der Waals surface area contributed by atoms with Gasteiger partial charge in [-0.3, -0.25) is 4.90 Å². The standard InChI is InChI=1S/C15H29N3O2/c1-15(2,3)20-14(19)18-9-5-12(6-10-18)13(11-16)17-7-4-8-17/h12-13H,4-11,16H2,1-3H3. The molecule has 0 bridgehead atoms. The van der Waals surface area contributed by atoms with Crippen LogP contribution in [-0.4, -0.2) is 60.3 Å². The van der Waals surface area contributed by atoms with Crippen molar-refractivity contribution in [3.05, 3.63) is 0 Å². The number of nitrogens with zero attached hydrogens (tertiary/aromatic N) is 2. The molecule has 5 nitrogen and oxygen atoms in total. The first-order chi connectivity index (χ1) is 9.40. The third kappa shape index (κ3) is 3.85. The van der Waals surface area contributed by atoms with Crippen LogP contribution < -0.4 is 5.73 Å². The van der Waals surface area contributed by atoms with Gasteiger partial charge >= 0.3 is 6.09 Å². The Morgan fingerprint density at radius 3 is 2.25 bits per heavy atom. The van der Waals surface area contributed by atoms with E-state index in [1.54, 1.807) is 0 Å². The Labute approximate surface area is 122 Å². The lowest BCUT2D eigenvalue weighted by Gasteiger charge is -2.44. The van der Waals surface area contributed by atoms with E-state index in [2.05, 4.69) is 4.90 Å². The van der Waals surface area contributed by atoms with Gasteiger partial charge in [-0.15, -0.1) is 0 Å². The number of piperidine rings is 1. The molecule has 0 aromatic carbocycles. The van der Waals surface area contributed by atoms with Crippen LogP contribution in [0.15, 0.2) is 0 Å². The van der Waals surface area contributed by atoms with Crippen molar-refractivity contribution in [2.24, 2.45) is 11.7 Å². The molecule has 2 aliphatic heterocycles. The number of carbonyl (C=O) groups is 1. The van der Waals surface area contributed by atoms with E-state index in [1.807, 2.05) is 25.7 Å². The van der Waals surface area contributed by atoms with Crippen molar-refractivity contribution >= 4 is 6.09 Å². The second-order valence-corrected chi connectivity index (χ2v) is 7.00. The molecule has 2 heterocycles. The smallest absolute Gasteiger partial charge is 0.410 e.